The molecule has 72 valence electrons. The van der Waals surface area contributed by atoms with E-state index in [0.29, 0.717) is 0 Å². The van der Waals surface area contributed by atoms with E-state index in [-0.39, 0.29) is 22.7 Å². The van der Waals surface area contributed by atoms with Crippen molar-refractivity contribution < 1.29 is 0 Å². The molecule has 0 atom stereocenters. The van der Waals surface area contributed by atoms with Crippen LogP contribution in [0, 0.1) is 0 Å². The van der Waals surface area contributed by atoms with E-state index >= 15 is 0 Å². The largest absolute Gasteiger partial charge is 0.290 e. The van der Waals surface area contributed by atoms with Gasteiger partial charge in [0.2, 0.25) is 5.95 Å². The zero-order chi connectivity index (χ0) is 10.1. The van der Waals surface area contributed by atoms with Crippen molar-refractivity contribution >= 4 is 28.9 Å². The summed E-state index contributed by atoms with van der Waals surface area (Å²) >= 11 is 5.63. The van der Waals surface area contributed by atoms with Gasteiger partial charge in [-0.15, -0.1) is 0 Å². The number of nitrogens with one attached hydrogen (secondary N) is 1. The fourth-order valence-electron chi connectivity index (χ4n) is 1.01. The Morgan fingerprint density at radius 1 is 1.43 bits per heavy atom. The minimum Gasteiger partial charge on any atom is -0.290 e. The first-order chi connectivity index (χ1) is 6.68. The van der Waals surface area contributed by atoms with Crippen LogP contribution in [0.3, 0.4) is 0 Å². The quantitative estimate of drug-likeness (QED) is 0.687. The second-order valence-corrected chi connectivity index (χ2v) is 3.10. The van der Waals surface area contributed by atoms with E-state index in [2.05, 4.69) is 19.9 Å². The molecule has 0 spiro atoms. The van der Waals surface area contributed by atoms with E-state index in [4.69, 9.17) is 11.8 Å². The van der Waals surface area contributed by atoms with Crippen LogP contribution in [-0.2, 0) is 0 Å². The second-order valence-electron chi connectivity index (χ2n) is 2.60. The third-order valence-electron chi connectivity index (χ3n) is 1.62. The predicted octanol–water partition coefficient (Wildman–Crippen LogP) is 0.303. The van der Waals surface area contributed by atoms with E-state index in [0.717, 1.165) is 0 Å². The Morgan fingerprint density at radius 3 is 2.86 bits per heavy atom. The molecule has 14 heavy (non-hydrogen) atoms. The number of aromatic nitrogens is 4. The van der Waals surface area contributed by atoms with Gasteiger partial charge in [-0.05, 0) is 0 Å². The zero-order valence-corrected chi connectivity index (χ0v) is 7.99. The van der Waals surface area contributed by atoms with Crippen molar-refractivity contribution in [2.75, 3.05) is 11.5 Å². The van der Waals surface area contributed by atoms with Crippen molar-refractivity contribution in [3.8, 4) is 0 Å². The number of halogens is 1. The molecule has 0 saturated heterocycles. The monoisotopic (exact) mass is 211 g/mol. The molecule has 0 fully saturated rings. The highest BCUT2D eigenvalue weighted by Gasteiger charge is 2.06. The highest BCUT2D eigenvalue weighted by Crippen LogP contribution is 2.07. The van der Waals surface area contributed by atoms with Crippen molar-refractivity contribution in [3.05, 3.63) is 22.7 Å². The first-order valence-corrected chi connectivity index (χ1v) is 4.13. The summed E-state index contributed by atoms with van der Waals surface area (Å²) in [5, 5.41) is 0. The molecule has 2 rings (SSSR count). The highest BCUT2D eigenvalue weighted by molar-refractivity contribution is 6.24. The number of anilines is 1. The van der Waals surface area contributed by atoms with E-state index in [1.54, 1.807) is 7.05 Å². The van der Waals surface area contributed by atoms with Crippen molar-refractivity contribution in [1.82, 2.24) is 19.9 Å². The summed E-state index contributed by atoms with van der Waals surface area (Å²) in [4.78, 5) is 25.7. The lowest BCUT2D eigenvalue weighted by atomic mass is 10.5. The van der Waals surface area contributed by atoms with Crippen LogP contribution in [-0.4, -0.2) is 27.0 Å². The lowest BCUT2D eigenvalue weighted by Gasteiger charge is -2.06. The Morgan fingerprint density at radius 2 is 2.14 bits per heavy atom. The molecule has 2 aromatic rings. The minimum atomic E-state index is -0.356. The molecule has 6 nitrogen and oxygen atoms in total. The number of hydrogen-bond acceptors (Lipinski definition) is 5. The summed E-state index contributed by atoms with van der Waals surface area (Å²) in [5.41, 5.74) is 0.124. The Kier molecular flexibility index (Phi) is 2.05. The fraction of sp³-hybridized carbons (Fsp3) is 0.143. The molecule has 0 unspecified atom stereocenters. The van der Waals surface area contributed by atoms with Crippen molar-refractivity contribution in [3.63, 3.8) is 0 Å². The number of H-pyrrole nitrogens is 1. The standard InChI is InChI=1S/C7H6ClN5O/c1-13(8)7-11-5-4(6(14)12-7)9-2-3-10-5/h2-3H,1H3,(H,10,11,12,14). The normalized spacial score (nSPS) is 10.4. The van der Waals surface area contributed by atoms with Crippen LogP contribution in [0.4, 0.5) is 5.95 Å². The van der Waals surface area contributed by atoms with Gasteiger partial charge in [0.25, 0.3) is 5.56 Å². The number of hydrogen-bond donors (Lipinski definition) is 1. The van der Waals surface area contributed by atoms with Crippen LogP contribution in [0.1, 0.15) is 0 Å². The molecule has 0 amide bonds. The van der Waals surface area contributed by atoms with E-state index in [1.807, 2.05) is 0 Å². The smallest absolute Gasteiger partial charge is 0.280 e. The molecule has 0 aromatic carbocycles. The van der Waals surface area contributed by atoms with Crippen molar-refractivity contribution in [2.45, 2.75) is 0 Å². The fourth-order valence-corrected chi connectivity index (χ4v) is 1.09. The summed E-state index contributed by atoms with van der Waals surface area (Å²) in [6, 6.07) is 0. The van der Waals surface area contributed by atoms with Crippen molar-refractivity contribution in [2.24, 2.45) is 0 Å². The molecular weight excluding hydrogens is 206 g/mol. The van der Waals surface area contributed by atoms with Gasteiger partial charge in [0.05, 0.1) is 0 Å². The number of aromatic amines is 1. The van der Waals surface area contributed by atoms with Crippen LogP contribution >= 0.6 is 11.8 Å². The topological polar surface area (TPSA) is 74.8 Å². The second kappa shape index (κ2) is 3.22. The first kappa shape index (κ1) is 8.89. The Hall–Kier alpha value is -1.69. The number of rotatable bonds is 1. The van der Waals surface area contributed by atoms with Gasteiger partial charge >= 0.3 is 0 Å². The predicted molar refractivity (Wildman–Crippen MR) is 52.2 cm³/mol. The molecule has 0 saturated carbocycles. The number of fused-ring (bicyclic) bond motifs is 1. The van der Waals surface area contributed by atoms with Gasteiger partial charge in [-0.1, -0.05) is 0 Å². The van der Waals surface area contributed by atoms with E-state index < -0.39 is 0 Å². The summed E-state index contributed by atoms with van der Waals surface area (Å²) in [6.07, 6.45) is 2.90. The van der Waals surface area contributed by atoms with E-state index in [1.165, 1.54) is 16.8 Å². The van der Waals surface area contributed by atoms with Gasteiger partial charge in [-0.3, -0.25) is 14.2 Å². The van der Waals surface area contributed by atoms with Crippen molar-refractivity contribution in [1.29, 1.82) is 0 Å². The summed E-state index contributed by atoms with van der Waals surface area (Å²) in [5.74, 6) is 0.240. The van der Waals surface area contributed by atoms with Crippen LogP contribution in [0.2, 0.25) is 0 Å². The Bertz CT molecular complexity index is 523. The third-order valence-corrected chi connectivity index (χ3v) is 1.78. The third kappa shape index (κ3) is 1.39. The van der Waals surface area contributed by atoms with Gasteiger partial charge in [0.15, 0.2) is 11.2 Å². The van der Waals surface area contributed by atoms with Crippen LogP contribution < -0.4 is 9.98 Å². The van der Waals surface area contributed by atoms with Gasteiger partial charge in [-0.2, -0.15) is 4.98 Å². The van der Waals surface area contributed by atoms with Gasteiger partial charge in [0, 0.05) is 31.2 Å². The molecule has 0 bridgehead atoms. The summed E-state index contributed by atoms with van der Waals surface area (Å²) in [7, 11) is 1.56. The van der Waals surface area contributed by atoms with Gasteiger partial charge < -0.3 is 0 Å². The maximum Gasteiger partial charge on any atom is 0.280 e. The lowest BCUT2D eigenvalue weighted by Crippen LogP contribution is -2.16. The van der Waals surface area contributed by atoms with Crippen LogP contribution in [0.15, 0.2) is 17.2 Å². The maximum atomic E-state index is 11.4. The average Bonchev–Trinajstić information content (AvgIpc) is 2.17. The van der Waals surface area contributed by atoms with Crippen LogP contribution in [0.25, 0.3) is 11.2 Å². The molecule has 0 aliphatic rings. The maximum absolute atomic E-state index is 11.4. The Balaban J connectivity index is 2.79. The molecular formula is C7H6ClN5O. The molecule has 2 aromatic heterocycles. The molecule has 0 radical (unpaired) electrons. The highest BCUT2D eigenvalue weighted by atomic mass is 35.5. The van der Waals surface area contributed by atoms with Gasteiger partial charge in [-0.25, -0.2) is 9.97 Å². The molecule has 1 N–H and O–H groups in total. The minimum absolute atomic E-state index is 0.203. The lowest BCUT2D eigenvalue weighted by molar-refractivity contribution is 1.06. The molecule has 7 heteroatoms. The average molecular weight is 212 g/mol. The summed E-state index contributed by atoms with van der Waals surface area (Å²) < 4.78 is 1.18. The molecule has 2 heterocycles. The van der Waals surface area contributed by atoms with Crippen LogP contribution in [0.5, 0.6) is 0 Å². The van der Waals surface area contributed by atoms with Gasteiger partial charge in [0.1, 0.15) is 0 Å². The summed E-state index contributed by atoms with van der Waals surface area (Å²) in [6.45, 7) is 0. The number of nitrogens with zero attached hydrogens (tertiary/aromatic N) is 4. The van der Waals surface area contributed by atoms with E-state index in [9.17, 15) is 4.79 Å². The molecule has 0 aliphatic heterocycles. The molecule has 0 aliphatic carbocycles. The SMILES string of the molecule is CN(Cl)c1nc2nccnc2c(=O)[nH]1. The zero-order valence-electron chi connectivity index (χ0n) is 7.23. The first-order valence-electron chi connectivity index (χ1n) is 3.79. The Labute approximate surface area is 83.7 Å².